The summed E-state index contributed by atoms with van der Waals surface area (Å²) < 4.78 is 0. The van der Waals surface area contributed by atoms with Crippen molar-refractivity contribution in [1.82, 2.24) is 0 Å². The first-order chi connectivity index (χ1) is 3.31. The second-order valence-corrected chi connectivity index (χ2v) is 1.10. The van der Waals surface area contributed by atoms with Gasteiger partial charge in [0.2, 0.25) is 0 Å². The third kappa shape index (κ3) is 3.30. The summed E-state index contributed by atoms with van der Waals surface area (Å²) in [5.74, 6) is 0. The lowest BCUT2D eigenvalue weighted by molar-refractivity contribution is 1.14. The van der Waals surface area contributed by atoms with E-state index in [4.69, 9.17) is 7.85 Å². The van der Waals surface area contributed by atoms with Crippen molar-refractivity contribution in [3.8, 4) is 0 Å². The molecule has 0 rings (SSSR count). The highest BCUT2D eigenvalue weighted by Crippen LogP contribution is 1.71. The summed E-state index contributed by atoms with van der Waals surface area (Å²) in [6.07, 6.45) is 1.53. The molecule has 0 atom stereocenters. The van der Waals surface area contributed by atoms with E-state index in [0.717, 1.165) is 6.54 Å². The number of hydrogen-bond acceptors (Lipinski definition) is 1. The van der Waals surface area contributed by atoms with Gasteiger partial charge >= 0.3 is 0 Å². The number of rotatable bonds is 2. The van der Waals surface area contributed by atoms with E-state index in [-0.39, 0.29) is 0 Å². The fourth-order valence-electron chi connectivity index (χ4n) is 0.247. The Morgan fingerprint density at radius 3 is 2.71 bits per heavy atom. The van der Waals surface area contributed by atoms with Crippen LogP contribution < -0.4 is 0 Å². The van der Waals surface area contributed by atoms with Crippen LogP contribution in [-0.2, 0) is 0 Å². The molecule has 0 aromatic heterocycles. The average Bonchev–Trinajstić information content (AvgIpc) is 1.68. The Morgan fingerprint density at radius 2 is 2.57 bits per heavy atom. The molecule has 0 spiro atoms. The minimum absolute atomic E-state index is 0.516. The molecule has 36 valence electrons. The van der Waals surface area contributed by atoms with Crippen LogP contribution in [0.2, 0.25) is 0 Å². The van der Waals surface area contributed by atoms with Gasteiger partial charge in [-0.2, -0.15) is 0 Å². The molecule has 0 bridgehead atoms. The van der Waals surface area contributed by atoms with E-state index in [1.165, 1.54) is 6.08 Å². The van der Waals surface area contributed by atoms with E-state index >= 15 is 0 Å². The molecule has 0 saturated heterocycles. The molecule has 0 amide bonds. The first-order valence-corrected chi connectivity index (χ1v) is 2.23. The molecule has 0 heterocycles. The van der Waals surface area contributed by atoms with Crippen LogP contribution in [0.4, 0.5) is 0 Å². The summed E-state index contributed by atoms with van der Waals surface area (Å²) in [6.45, 7) is 6.08. The molecule has 0 aliphatic carbocycles. The molecule has 7 heavy (non-hydrogen) atoms. The molecule has 0 saturated carbocycles. The van der Waals surface area contributed by atoms with Crippen molar-refractivity contribution < 1.29 is 0 Å². The van der Waals surface area contributed by atoms with Gasteiger partial charge in [-0.25, -0.2) is 0 Å². The molecule has 0 fully saturated rings. The smallest absolute Gasteiger partial charge is 0.141 e. The van der Waals surface area contributed by atoms with E-state index in [0.29, 0.717) is 5.61 Å². The lowest BCUT2D eigenvalue weighted by Crippen LogP contribution is -1.89. The Kier molecular flexibility index (Phi) is 3.38. The summed E-state index contributed by atoms with van der Waals surface area (Å²) in [6, 6.07) is 0. The number of nitrogens with zero attached hydrogens (tertiary/aromatic N) is 1. The standard InChI is InChI=1S/C5H8BN/c1-3-5(6)7-4-2/h3H,1,4H2,2H3. The van der Waals surface area contributed by atoms with Gasteiger partial charge in [-0.15, -0.1) is 0 Å². The maximum atomic E-state index is 5.22. The lowest BCUT2D eigenvalue weighted by atomic mass is 10.0. The van der Waals surface area contributed by atoms with Crippen molar-refractivity contribution >= 4 is 13.5 Å². The molecular formula is C5H8BN. The van der Waals surface area contributed by atoms with Gasteiger partial charge in [-0.1, -0.05) is 12.7 Å². The van der Waals surface area contributed by atoms with Crippen LogP contribution in [0.1, 0.15) is 6.92 Å². The molecular weight excluding hydrogens is 84.9 g/mol. The van der Waals surface area contributed by atoms with Crippen molar-refractivity contribution in [2.75, 3.05) is 6.54 Å². The van der Waals surface area contributed by atoms with Gasteiger partial charge in [0.25, 0.3) is 0 Å². The highest BCUT2D eigenvalue weighted by Gasteiger charge is 1.72. The van der Waals surface area contributed by atoms with Crippen LogP contribution >= 0.6 is 0 Å². The minimum Gasteiger partial charge on any atom is -0.302 e. The van der Waals surface area contributed by atoms with Crippen molar-refractivity contribution in [1.29, 1.82) is 0 Å². The average molecular weight is 92.9 g/mol. The summed E-state index contributed by atoms with van der Waals surface area (Å²) >= 11 is 0. The maximum Gasteiger partial charge on any atom is 0.141 e. The minimum atomic E-state index is 0.516. The Balaban J connectivity index is 3.49. The van der Waals surface area contributed by atoms with E-state index < -0.39 is 0 Å². The zero-order valence-corrected chi connectivity index (χ0v) is 4.52. The van der Waals surface area contributed by atoms with E-state index in [1.54, 1.807) is 0 Å². The molecule has 0 aromatic rings. The molecule has 0 N–H and O–H groups in total. The van der Waals surface area contributed by atoms with Gasteiger partial charge in [0, 0.05) is 6.54 Å². The molecule has 0 unspecified atom stereocenters. The lowest BCUT2D eigenvalue weighted by Gasteiger charge is -1.84. The summed E-state index contributed by atoms with van der Waals surface area (Å²) in [5.41, 5.74) is 0.516. The van der Waals surface area contributed by atoms with Gasteiger partial charge in [0.05, 0.1) is 0 Å². The number of aliphatic imine (C=N–C) groups is 1. The first kappa shape index (κ1) is 6.47. The molecule has 0 aliphatic heterocycles. The second kappa shape index (κ2) is 3.66. The summed E-state index contributed by atoms with van der Waals surface area (Å²) in [4.78, 5) is 3.82. The van der Waals surface area contributed by atoms with Crippen LogP contribution in [0.3, 0.4) is 0 Å². The Hall–Kier alpha value is -0.525. The summed E-state index contributed by atoms with van der Waals surface area (Å²) in [7, 11) is 5.22. The first-order valence-electron chi connectivity index (χ1n) is 2.23. The molecule has 2 radical (unpaired) electrons. The monoisotopic (exact) mass is 93.1 g/mol. The van der Waals surface area contributed by atoms with Crippen LogP contribution in [0, 0.1) is 0 Å². The number of hydrogen-bond donors (Lipinski definition) is 0. The summed E-state index contributed by atoms with van der Waals surface area (Å²) in [5, 5.41) is 0. The van der Waals surface area contributed by atoms with Gasteiger partial charge in [0.1, 0.15) is 7.85 Å². The fraction of sp³-hybridized carbons (Fsp3) is 0.400. The second-order valence-electron chi connectivity index (χ2n) is 1.10. The van der Waals surface area contributed by atoms with E-state index in [9.17, 15) is 0 Å². The van der Waals surface area contributed by atoms with Gasteiger partial charge in [-0.05, 0) is 12.5 Å². The van der Waals surface area contributed by atoms with Gasteiger partial charge in [0.15, 0.2) is 0 Å². The third-order valence-corrected chi connectivity index (χ3v) is 0.550. The molecule has 0 aromatic carbocycles. The highest BCUT2D eigenvalue weighted by atomic mass is 14.7. The topological polar surface area (TPSA) is 12.4 Å². The van der Waals surface area contributed by atoms with Gasteiger partial charge < -0.3 is 4.99 Å². The van der Waals surface area contributed by atoms with Gasteiger partial charge in [-0.3, -0.25) is 0 Å². The molecule has 1 nitrogen and oxygen atoms in total. The fourth-order valence-corrected chi connectivity index (χ4v) is 0.247. The zero-order chi connectivity index (χ0) is 5.70. The van der Waals surface area contributed by atoms with Crippen molar-refractivity contribution in [2.24, 2.45) is 4.99 Å². The van der Waals surface area contributed by atoms with Crippen LogP contribution in [0.5, 0.6) is 0 Å². The highest BCUT2D eigenvalue weighted by molar-refractivity contribution is 6.62. The van der Waals surface area contributed by atoms with E-state index in [2.05, 4.69) is 11.6 Å². The third-order valence-electron chi connectivity index (χ3n) is 0.550. The molecule has 0 aliphatic rings. The predicted octanol–water partition coefficient (Wildman–Crippen LogP) is 0.759. The van der Waals surface area contributed by atoms with Crippen molar-refractivity contribution in [2.45, 2.75) is 6.92 Å². The predicted molar refractivity (Wildman–Crippen MR) is 33.9 cm³/mol. The normalized spacial score (nSPS) is 11.3. The Bertz CT molecular complexity index is 86.1. The van der Waals surface area contributed by atoms with Crippen LogP contribution in [0.25, 0.3) is 0 Å². The van der Waals surface area contributed by atoms with Crippen molar-refractivity contribution in [3.63, 3.8) is 0 Å². The number of allylic oxidation sites excluding steroid dienone is 1. The van der Waals surface area contributed by atoms with Crippen molar-refractivity contribution in [3.05, 3.63) is 12.7 Å². The molecule has 2 heteroatoms. The van der Waals surface area contributed by atoms with Crippen LogP contribution in [-0.4, -0.2) is 20.0 Å². The van der Waals surface area contributed by atoms with E-state index in [1.807, 2.05) is 6.92 Å². The SMILES string of the molecule is [B]C(C=C)=NCC. The Labute approximate surface area is 45.6 Å². The Morgan fingerprint density at radius 1 is 2.00 bits per heavy atom. The zero-order valence-electron chi connectivity index (χ0n) is 4.52. The maximum absolute atomic E-state index is 5.22. The largest absolute Gasteiger partial charge is 0.302 e. The van der Waals surface area contributed by atoms with Crippen LogP contribution in [0.15, 0.2) is 17.6 Å². The quantitative estimate of drug-likeness (QED) is 0.353.